The Balaban J connectivity index is 1.91. The summed E-state index contributed by atoms with van der Waals surface area (Å²) in [5.74, 6) is 0.267. The minimum Gasteiger partial charge on any atom is -0.446 e. The zero-order chi connectivity index (χ0) is 15.2. The number of carbonyl (C=O) groups is 1. The van der Waals surface area contributed by atoms with E-state index in [1.165, 1.54) is 0 Å². The van der Waals surface area contributed by atoms with Crippen molar-refractivity contribution in [3.8, 4) is 0 Å². The fourth-order valence-corrected chi connectivity index (χ4v) is 3.34. The Morgan fingerprint density at radius 3 is 2.81 bits per heavy atom. The van der Waals surface area contributed by atoms with Crippen LogP contribution in [0, 0.1) is 5.92 Å². The molecule has 1 aliphatic rings. The van der Waals surface area contributed by atoms with Crippen LogP contribution in [0.5, 0.6) is 0 Å². The molecule has 116 valence electrons. The van der Waals surface area contributed by atoms with Crippen LogP contribution in [0.3, 0.4) is 0 Å². The predicted octanol–water partition coefficient (Wildman–Crippen LogP) is 3.81. The number of halogens is 1. The standard InChI is InChI=1S/C16H22ClNO3/c17-13-7-3-2-6-12(13)14(19)10-9-11-5-1-4-8-15(11)21-16(18)20/h2-3,6-7,11,14-15,19H,1,4-5,8-10H2,(H2,18,20)/t11-,14-,15-/m1/s1. The fourth-order valence-electron chi connectivity index (χ4n) is 3.08. The van der Waals surface area contributed by atoms with Crippen molar-refractivity contribution >= 4 is 17.7 Å². The third-order valence-corrected chi connectivity index (χ3v) is 4.53. The average molecular weight is 312 g/mol. The highest BCUT2D eigenvalue weighted by Crippen LogP contribution is 2.33. The van der Waals surface area contributed by atoms with Crippen molar-refractivity contribution in [3.63, 3.8) is 0 Å². The van der Waals surface area contributed by atoms with Crippen LogP contribution in [-0.4, -0.2) is 17.3 Å². The van der Waals surface area contributed by atoms with Gasteiger partial charge in [-0.25, -0.2) is 4.79 Å². The van der Waals surface area contributed by atoms with Crippen LogP contribution in [0.15, 0.2) is 24.3 Å². The van der Waals surface area contributed by atoms with Crippen LogP contribution < -0.4 is 5.73 Å². The summed E-state index contributed by atoms with van der Waals surface area (Å²) < 4.78 is 5.20. The number of carbonyl (C=O) groups excluding carboxylic acids is 1. The van der Waals surface area contributed by atoms with Crippen molar-refractivity contribution in [1.29, 1.82) is 0 Å². The van der Waals surface area contributed by atoms with Crippen molar-refractivity contribution in [2.24, 2.45) is 11.7 Å². The molecule has 0 aromatic heterocycles. The monoisotopic (exact) mass is 311 g/mol. The highest BCUT2D eigenvalue weighted by Gasteiger charge is 2.28. The van der Waals surface area contributed by atoms with Crippen LogP contribution in [0.1, 0.15) is 50.2 Å². The molecule has 5 heteroatoms. The Morgan fingerprint density at radius 1 is 1.38 bits per heavy atom. The largest absolute Gasteiger partial charge is 0.446 e. The molecule has 1 fully saturated rings. The van der Waals surface area contributed by atoms with Gasteiger partial charge in [0.15, 0.2) is 0 Å². The van der Waals surface area contributed by atoms with Gasteiger partial charge in [0.25, 0.3) is 0 Å². The maximum atomic E-state index is 11.0. The van der Waals surface area contributed by atoms with Gasteiger partial charge in [-0.05, 0) is 49.7 Å². The lowest BCUT2D eigenvalue weighted by Gasteiger charge is -2.31. The number of nitrogens with two attached hydrogens (primary N) is 1. The molecule has 3 atom stereocenters. The summed E-state index contributed by atoms with van der Waals surface area (Å²) in [6.45, 7) is 0. The third kappa shape index (κ3) is 4.61. The molecule has 0 radical (unpaired) electrons. The molecule has 4 nitrogen and oxygen atoms in total. The minimum absolute atomic E-state index is 0.116. The number of benzene rings is 1. The Labute approximate surface area is 130 Å². The first kappa shape index (κ1) is 16.1. The molecule has 1 aromatic rings. The van der Waals surface area contributed by atoms with Crippen molar-refractivity contribution in [2.45, 2.75) is 50.7 Å². The zero-order valence-electron chi connectivity index (χ0n) is 12.0. The normalized spacial score (nSPS) is 23.5. The smallest absolute Gasteiger partial charge is 0.404 e. The van der Waals surface area contributed by atoms with Crippen molar-refractivity contribution in [3.05, 3.63) is 34.9 Å². The highest BCUT2D eigenvalue weighted by molar-refractivity contribution is 6.31. The second-order valence-electron chi connectivity index (χ2n) is 5.63. The van der Waals surface area contributed by atoms with Gasteiger partial charge in [0.05, 0.1) is 6.10 Å². The zero-order valence-corrected chi connectivity index (χ0v) is 12.8. The molecule has 0 spiro atoms. The fraction of sp³-hybridized carbons (Fsp3) is 0.562. The highest BCUT2D eigenvalue weighted by atomic mass is 35.5. The van der Waals surface area contributed by atoms with Gasteiger partial charge in [0.2, 0.25) is 0 Å². The van der Waals surface area contributed by atoms with E-state index >= 15 is 0 Å². The van der Waals surface area contributed by atoms with Crippen LogP contribution in [0.25, 0.3) is 0 Å². The number of ether oxygens (including phenoxy) is 1. The van der Waals surface area contributed by atoms with Gasteiger partial charge in [-0.3, -0.25) is 0 Å². The van der Waals surface area contributed by atoms with E-state index in [1.807, 2.05) is 18.2 Å². The van der Waals surface area contributed by atoms with Crippen molar-refractivity contribution < 1.29 is 14.6 Å². The molecule has 0 saturated heterocycles. The lowest BCUT2D eigenvalue weighted by atomic mass is 9.82. The molecule has 0 aliphatic heterocycles. The van der Waals surface area contributed by atoms with E-state index in [2.05, 4.69) is 0 Å². The van der Waals surface area contributed by atoms with Gasteiger partial charge in [0, 0.05) is 5.02 Å². The molecule has 0 unspecified atom stereocenters. The third-order valence-electron chi connectivity index (χ3n) is 4.18. The van der Waals surface area contributed by atoms with Crippen LogP contribution >= 0.6 is 11.6 Å². The molecule has 0 heterocycles. The van der Waals surface area contributed by atoms with Crippen LogP contribution in [-0.2, 0) is 4.74 Å². The van der Waals surface area contributed by atoms with E-state index in [4.69, 9.17) is 22.1 Å². The SMILES string of the molecule is NC(=O)O[C@@H]1CCCC[C@@H]1CC[C@@H](O)c1ccccc1Cl. The number of aliphatic hydroxyl groups is 1. The number of amides is 1. The number of hydrogen-bond acceptors (Lipinski definition) is 3. The van der Waals surface area contributed by atoms with Crippen molar-refractivity contribution in [1.82, 2.24) is 0 Å². The predicted molar refractivity (Wildman–Crippen MR) is 82.1 cm³/mol. The number of aliphatic hydroxyl groups excluding tert-OH is 1. The summed E-state index contributed by atoms with van der Waals surface area (Å²) in [6.07, 6.45) is 4.04. The van der Waals surface area contributed by atoms with Gasteiger partial charge in [-0.15, -0.1) is 0 Å². The van der Waals surface area contributed by atoms with E-state index < -0.39 is 12.2 Å². The number of primary amides is 1. The molecule has 21 heavy (non-hydrogen) atoms. The number of hydrogen-bond donors (Lipinski definition) is 2. The van der Waals surface area contributed by atoms with E-state index in [0.717, 1.165) is 37.7 Å². The van der Waals surface area contributed by atoms with Gasteiger partial charge in [0.1, 0.15) is 6.10 Å². The summed E-state index contributed by atoms with van der Waals surface area (Å²) in [5, 5.41) is 10.9. The van der Waals surface area contributed by atoms with Gasteiger partial charge in [-0.2, -0.15) is 0 Å². The lowest BCUT2D eigenvalue weighted by Crippen LogP contribution is -2.32. The Hall–Kier alpha value is -1.26. The first-order valence-corrected chi connectivity index (χ1v) is 7.84. The summed E-state index contributed by atoms with van der Waals surface area (Å²) in [5.41, 5.74) is 5.88. The average Bonchev–Trinajstić information content (AvgIpc) is 2.46. The second-order valence-corrected chi connectivity index (χ2v) is 6.04. The maximum Gasteiger partial charge on any atom is 0.404 e. The molecule has 1 aromatic carbocycles. The van der Waals surface area contributed by atoms with Gasteiger partial charge in [-0.1, -0.05) is 36.2 Å². The maximum absolute atomic E-state index is 11.0. The number of rotatable bonds is 5. The van der Waals surface area contributed by atoms with Gasteiger partial charge >= 0.3 is 6.09 Å². The van der Waals surface area contributed by atoms with E-state index in [-0.39, 0.29) is 12.0 Å². The summed E-state index contributed by atoms with van der Waals surface area (Å²) in [4.78, 5) is 11.0. The Kier molecular flexibility index (Phi) is 5.88. The van der Waals surface area contributed by atoms with Crippen LogP contribution in [0.4, 0.5) is 4.79 Å². The molecule has 3 N–H and O–H groups in total. The molecule has 2 rings (SSSR count). The molecule has 1 aliphatic carbocycles. The first-order valence-electron chi connectivity index (χ1n) is 7.46. The molecular formula is C16H22ClNO3. The Bertz CT molecular complexity index is 480. The summed E-state index contributed by atoms with van der Waals surface area (Å²) in [6, 6.07) is 7.32. The Morgan fingerprint density at radius 2 is 2.10 bits per heavy atom. The second kappa shape index (κ2) is 7.66. The minimum atomic E-state index is -0.710. The molecule has 1 saturated carbocycles. The first-order chi connectivity index (χ1) is 10.1. The molecule has 1 amide bonds. The van der Waals surface area contributed by atoms with E-state index in [0.29, 0.717) is 11.4 Å². The molecule has 0 bridgehead atoms. The van der Waals surface area contributed by atoms with Crippen LogP contribution in [0.2, 0.25) is 5.02 Å². The van der Waals surface area contributed by atoms with Gasteiger partial charge < -0.3 is 15.6 Å². The van der Waals surface area contributed by atoms with E-state index in [9.17, 15) is 9.90 Å². The quantitative estimate of drug-likeness (QED) is 0.868. The summed E-state index contributed by atoms with van der Waals surface area (Å²) in [7, 11) is 0. The summed E-state index contributed by atoms with van der Waals surface area (Å²) >= 11 is 6.09. The van der Waals surface area contributed by atoms with E-state index in [1.54, 1.807) is 6.07 Å². The lowest BCUT2D eigenvalue weighted by molar-refractivity contribution is 0.0328. The molecular weight excluding hydrogens is 290 g/mol. The van der Waals surface area contributed by atoms with Crippen molar-refractivity contribution in [2.75, 3.05) is 0 Å². The topological polar surface area (TPSA) is 72.6 Å².